The Morgan fingerprint density at radius 3 is 2.17 bits per heavy atom. The van der Waals surface area contributed by atoms with Crippen molar-refractivity contribution in [1.82, 2.24) is 0 Å². The van der Waals surface area contributed by atoms with Gasteiger partial charge in [-0.25, -0.2) is 0 Å². The molecule has 0 amide bonds. The van der Waals surface area contributed by atoms with Crippen LogP contribution in [0.1, 0.15) is 39.0 Å². The fourth-order valence-corrected chi connectivity index (χ4v) is 2.61. The summed E-state index contributed by atoms with van der Waals surface area (Å²) in [5.41, 5.74) is 0. The Hall–Kier alpha value is -0.0900. The SMILES string of the molecule is CC(C1CCCCC1)S(=O)(=O)O. The summed E-state index contributed by atoms with van der Waals surface area (Å²) in [6.45, 7) is 1.60. The third kappa shape index (κ3) is 2.45. The molecule has 1 aliphatic carbocycles. The van der Waals surface area contributed by atoms with E-state index in [0.29, 0.717) is 0 Å². The monoisotopic (exact) mass is 192 g/mol. The summed E-state index contributed by atoms with van der Waals surface area (Å²) in [5, 5.41) is -0.571. The smallest absolute Gasteiger partial charge is 0.267 e. The van der Waals surface area contributed by atoms with Gasteiger partial charge in [0.25, 0.3) is 10.1 Å². The van der Waals surface area contributed by atoms with Crippen LogP contribution >= 0.6 is 0 Å². The van der Waals surface area contributed by atoms with Crippen molar-refractivity contribution in [1.29, 1.82) is 0 Å². The fourth-order valence-electron chi connectivity index (χ4n) is 1.85. The molecule has 1 atom stereocenters. The Kier molecular flexibility index (Phi) is 3.12. The highest BCUT2D eigenvalue weighted by Crippen LogP contribution is 2.28. The highest BCUT2D eigenvalue weighted by atomic mass is 32.2. The van der Waals surface area contributed by atoms with Crippen LogP contribution in [0.5, 0.6) is 0 Å². The quantitative estimate of drug-likeness (QED) is 0.679. The highest BCUT2D eigenvalue weighted by Gasteiger charge is 2.28. The normalized spacial score (nSPS) is 23.8. The number of hydrogen-bond donors (Lipinski definition) is 1. The molecular formula is C8H16O3S. The maximum atomic E-state index is 10.8. The maximum absolute atomic E-state index is 10.8. The van der Waals surface area contributed by atoms with Crippen LogP contribution in [0.2, 0.25) is 0 Å². The van der Waals surface area contributed by atoms with Crippen molar-refractivity contribution in [2.24, 2.45) is 5.92 Å². The molecular weight excluding hydrogens is 176 g/mol. The van der Waals surface area contributed by atoms with Gasteiger partial charge in [-0.1, -0.05) is 19.3 Å². The second-order valence-corrected chi connectivity index (χ2v) is 5.39. The average Bonchev–Trinajstić information content (AvgIpc) is 2.03. The Labute approximate surface area is 73.9 Å². The summed E-state index contributed by atoms with van der Waals surface area (Å²) in [4.78, 5) is 0. The Morgan fingerprint density at radius 1 is 1.25 bits per heavy atom. The Bertz CT molecular complexity index is 227. The lowest BCUT2D eigenvalue weighted by molar-refractivity contribution is 0.335. The summed E-state index contributed by atoms with van der Waals surface area (Å²) in [5.74, 6) is 0.175. The molecule has 0 radical (unpaired) electrons. The van der Waals surface area contributed by atoms with E-state index < -0.39 is 15.4 Å². The minimum Gasteiger partial charge on any atom is -0.285 e. The van der Waals surface area contributed by atoms with E-state index in [0.717, 1.165) is 25.7 Å². The van der Waals surface area contributed by atoms with Crippen LogP contribution in [-0.4, -0.2) is 18.2 Å². The van der Waals surface area contributed by atoms with E-state index in [4.69, 9.17) is 4.55 Å². The molecule has 0 aromatic rings. The average molecular weight is 192 g/mol. The molecule has 1 fully saturated rings. The van der Waals surface area contributed by atoms with Crippen molar-refractivity contribution in [3.05, 3.63) is 0 Å². The summed E-state index contributed by atoms with van der Waals surface area (Å²) in [6, 6.07) is 0. The van der Waals surface area contributed by atoms with Gasteiger partial charge in [-0.15, -0.1) is 0 Å². The molecule has 0 saturated heterocycles. The van der Waals surface area contributed by atoms with E-state index in [9.17, 15) is 8.42 Å². The first-order chi connectivity index (χ1) is 5.52. The van der Waals surface area contributed by atoms with Gasteiger partial charge in [-0.05, 0) is 25.7 Å². The van der Waals surface area contributed by atoms with E-state index >= 15 is 0 Å². The molecule has 72 valence electrons. The van der Waals surface area contributed by atoms with Crippen molar-refractivity contribution in [3.8, 4) is 0 Å². The first-order valence-corrected chi connectivity index (χ1v) is 5.98. The number of rotatable bonds is 2. The van der Waals surface area contributed by atoms with E-state index in [1.54, 1.807) is 6.92 Å². The lowest BCUT2D eigenvalue weighted by Crippen LogP contribution is -2.27. The standard InChI is InChI=1S/C8H16O3S/c1-7(12(9,10)11)8-5-3-2-4-6-8/h7-8H,2-6H2,1H3,(H,9,10,11). The minimum atomic E-state index is -3.80. The summed E-state index contributed by atoms with van der Waals surface area (Å²) >= 11 is 0. The van der Waals surface area contributed by atoms with Crippen LogP contribution in [0.15, 0.2) is 0 Å². The lowest BCUT2D eigenvalue weighted by Gasteiger charge is -2.25. The largest absolute Gasteiger partial charge is 0.285 e. The topological polar surface area (TPSA) is 54.4 Å². The van der Waals surface area contributed by atoms with Crippen LogP contribution in [-0.2, 0) is 10.1 Å². The molecule has 12 heavy (non-hydrogen) atoms. The fraction of sp³-hybridized carbons (Fsp3) is 1.00. The van der Waals surface area contributed by atoms with Crippen molar-refractivity contribution < 1.29 is 13.0 Å². The second-order valence-electron chi connectivity index (χ2n) is 3.62. The zero-order valence-corrected chi connectivity index (χ0v) is 8.18. The third-order valence-electron chi connectivity index (χ3n) is 2.78. The van der Waals surface area contributed by atoms with Crippen molar-refractivity contribution >= 4 is 10.1 Å². The highest BCUT2D eigenvalue weighted by molar-refractivity contribution is 7.86. The molecule has 4 heteroatoms. The van der Waals surface area contributed by atoms with Crippen molar-refractivity contribution in [3.63, 3.8) is 0 Å². The van der Waals surface area contributed by atoms with Gasteiger partial charge in [0.15, 0.2) is 0 Å². The lowest BCUT2D eigenvalue weighted by atomic mass is 9.87. The predicted octanol–water partition coefficient (Wildman–Crippen LogP) is 1.84. The maximum Gasteiger partial charge on any atom is 0.267 e. The first-order valence-electron chi connectivity index (χ1n) is 4.48. The molecule has 1 rings (SSSR count). The molecule has 0 bridgehead atoms. The van der Waals surface area contributed by atoms with E-state index in [1.165, 1.54) is 6.42 Å². The van der Waals surface area contributed by atoms with Gasteiger partial charge < -0.3 is 0 Å². The van der Waals surface area contributed by atoms with Gasteiger partial charge in [0.05, 0.1) is 5.25 Å². The van der Waals surface area contributed by atoms with Gasteiger partial charge in [0.1, 0.15) is 0 Å². The van der Waals surface area contributed by atoms with Crippen molar-refractivity contribution in [2.75, 3.05) is 0 Å². The van der Waals surface area contributed by atoms with Crippen LogP contribution in [0, 0.1) is 5.92 Å². The molecule has 0 aromatic carbocycles. The molecule has 1 aliphatic rings. The van der Waals surface area contributed by atoms with Gasteiger partial charge in [-0.3, -0.25) is 4.55 Å². The van der Waals surface area contributed by atoms with Crippen LogP contribution in [0.25, 0.3) is 0 Å². The molecule has 1 saturated carbocycles. The van der Waals surface area contributed by atoms with Gasteiger partial charge in [0, 0.05) is 0 Å². The summed E-state index contributed by atoms with van der Waals surface area (Å²) in [6.07, 6.45) is 5.30. The molecule has 0 aromatic heterocycles. The molecule has 0 spiro atoms. The van der Waals surface area contributed by atoms with E-state index in [-0.39, 0.29) is 5.92 Å². The van der Waals surface area contributed by atoms with Gasteiger partial charge >= 0.3 is 0 Å². The van der Waals surface area contributed by atoms with Crippen LogP contribution < -0.4 is 0 Å². The minimum absolute atomic E-state index is 0.175. The summed E-state index contributed by atoms with van der Waals surface area (Å²) in [7, 11) is -3.80. The second kappa shape index (κ2) is 3.75. The zero-order valence-electron chi connectivity index (χ0n) is 7.36. The molecule has 1 N–H and O–H groups in total. The first kappa shape index (κ1) is 9.99. The van der Waals surface area contributed by atoms with E-state index in [1.807, 2.05) is 0 Å². The predicted molar refractivity (Wildman–Crippen MR) is 47.6 cm³/mol. The van der Waals surface area contributed by atoms with E-state index in [2.05, 4.69) is 0 Å². The van der Waals surface area contributed by atoms with Crippen LogP contribution in [0.3, 0.4) is 0 Å². The summed E-state index contributed by atoms with van der Waals surface area (Å²) < 4.78 is 30.4. The molecule has 1 unspecified atom stereocenters. The Morgan fingerprint density at radius 2 is 1.75 bits per heavy atom. The van der Waals surface area contributed by atoms with Crippen molar-refractivity contribution in [2.45, 2.75) is 44.3 Å². The van der Waals surface area contributed by atoms with Gasteiger partial charge in [0.2, 0.25) is 0 Å². The molecule has 0 heterocycles. The zero-order chi connectivity index (χ0) is 9.19. The number of hydrogen-bond acceptors (Lipinski definition) is 2. The Balaban J connectivity index is 2.57. The van der Waals surface area contributed by atoms with Gasteiger partial charge in [-0.2, -0.15) is 8.42 Å². The van der Waals surface area contributed by atoms with Crippen LogP contribution in [0.4, 0.5) is 0 Å². The molecule has 0 aliphatic heterocycles. The third-order valence-corrected chi connectivity index (χ3v) is 4.11. The molecule has 3 nitrogen and oxygen atoms in total.